The van der Waals surface area contributed by atoms with Crippen LogP contribution in [0.3, 0.4) is 0 Å². The molecule has 0 N–H and O–H groups in total. The molecule has 39 nitrogen and oxygen atoms in total. The van der Waals surface area contributed by atoms with Gasteiger partial charge in [-0.25, -0.2) is 108 Å². The molecule has 16 rings (SSSR count). The number of rotatable bonds is 8. The van der Waals surface area contributed by atoms with E-state index >= 15 is 0 Å². The van der Waals surface area contributed by atoms with E-state index in [9.17, 15) is 71.9 Å². The number of hydrogen-bond donors (Lipinski definition) is 0. The number of nitrogens with zero attached hydrogens (tertiary/aromatic N) is 8. The zero-order chi connectivity index (χ0) is 81.9. The summed E-state index contributed by atoms with van der Waals surface area (Å²) in [6.07, 6.45) is 38.5. The van der Waals surface area contributed by atoms with E-state index in [1.807, 2.05) is 0 Å². The molecule has 596 valence electrons. The topological polar surface area (TPSA) is 439 Å². The third-order valence-electron chi connectivity index (χ3n) is 18.4. The van der Waals surface area contributed by atoms with Crippen molar-refractivity contribution in [3.63, 3.8) is 0 Å². The Morgan fingerprint density at radius 1 is 0.393 bits per heavy atom. The van der Waals surface area contributed by atoms with E-state index in [-0.39, 0.29) is 5.76 Å². The number of benzene rings is 2. The van der Waals surface area contributed by atoms with Crippen LogP contribution in [0.2, 0.25) is 0 Å². The van der Waals surface area contributed by atoms with Crippen molar-refractivity contribution in [2.24, 2.45) is 14.1 Å². The van der Waals surface area contributed by atoms with Crippen molar-refractivity contribution in [1.82, 2.24) is 18.3 Å². The summed E-state index contributed by atoms with van der Waals surface area (Å²) in [4.78, 5) is 158. The second-order valence-corrected chi connectivity index (χ2v) is 26.8. The monoisotopic (exact) mass is 1560 g/mol. The van der Waals surface area contributed by atoms with E-state index in [0.29, 0.717) is 0 Å². The largest absolute Gasteiger partial charge is 0.786 e. The minimum Gasteiger partial charge on any atom is -0.606 e. The highest BCUT2D eigenvalue weighted by atomic mass is 17.0. The van der Waals surface area contributed by atoms with Gasteiger partial charge in [-0.15, -0.1) is 0 Å². The standard InChI is InChI=1S/C21H25N2.C15H25N2.C9H17N2.C7H13N2.C5H2BO7.3C4BO8/c1-14-9-16(3)20(17(4)10-14)22-7-8-23(13-22)21-18(5)11-15(2)12-19(21)6;1-3-7-14(8-4-1)16-11-12-17(13-16)15-9-5-2-6-10-15;1-4-5-6-11-8-7-10(3)9(11)2;1-4-9-6-5-8(3)7(9)2;1-2-3(7)11-6(10-2)12-4(8)5(9)13-6;3*6-1-2(7)11-5(10-1)12-3(8)4(9)13-5/h7-13H,1-6H3;11-15H,1-10H2;7-8H,4-6H2,1-3H3;5-6H,4H2,1-3H3;1H2;;;/q4*+1;4*-1. The average molecular weight is 1560 g/mol. The SMILES string of the molecule is C=C1O[B-]2(OC1=O)OC(=O)C(=O)O2.CCCCn1cc[n+](C)c1C.CCn1cc[n+](C)c1C.Cc1cc(C)c(-n2cc[n+](-c3c(C)cc(C)cc3C)c2)c(C)c1.O=C1O[B-]2(OC1=O)OC(=O)C(=O)O2.O=C1O[B-]2(OC1=O)OC(=O)C(=O)O2.O=C1O[B-]2(OC1=O)OC(=O)C(=O)O2.c1c[n+](C2CCCCC2)cn1C1CCCCC1. The molecule has 6 aromatic rings. The summed E-state index contributed by atoms with van der Waals surface area (Å²) in [6.45, 7) is 14.1. The number of aryl methyl sites for hydroxylation is 10. The predicted octanol–water partition coefficient (Wildman–Crippen LogP) is 1.93. The molecular weight excluding hydrogens is 1480 g/mol. The van der Waals surface area contributed by atoms with E-state index in [1.165, 1.54) is 133 Å². The average Bonchev–Trinajstić information content (AvgIpc) is 1.64. The van der Waals surface area contributed by atoms with Crippen LogP contribution in [0, 0.1) is 55.4 Å². The molecule has 8 aliphatic heterocycles. The first-order valence-corrected chi connectivity index (χ1v) is 35.6. The smallest absolute Gasteiger partial charge is 0.606 e. The number of aromatic nitrogens is 8. The quantitative estimate of drug-likeness (QED) is 0.0909. The summed E-state index contributed by atoms with van der Waals surface area (Å²) in [5.41, 5.74) is 10.4. The summed E-state index contributed by atoms with van der Waals surface area (Å²) in [5.74, 6) is -17.7. The lowest BCUT2D eigenvalue weighted by molar-refractivity contribution is -0.725. The number of unbranched alkanes of at least 4 members (excludes halogenated alkanes) is 1. The molecule has 12 heterocycles. The fraction of sp³-hybridized carbons (Fsp3) is 0.406. The van der Waals surface area contributed by atoms with Crippen LogP contribution in [0.25, 0.3) is 11.4 Å². The highest BCUT2D eigenvalue weighted by Gasteiger charge is 2.63. The van der Waals surface area contributed by atoms with Gasteiger partial charge in [0, 0.05) is 13.8 Å². The van der Waals surface area contributed by atoms with Gasteiger partial charge in [-0.05, 0) is 129 Å². The lowest BCUT2D eigenvalue weighted by atomic mass is 9.95. The van der Waals surface area contributed by atoms with Crippen molar-refractivity contribution < 1.29 is 165 Å². The molecule has 112 heavy (non-hydrogen) atoms. The van der Waals surface area contributed by atoms with Crippen LogP contribution in [0.1, 0.15) is 148 Å². The molecule has 2 aliphatic carbocycles. The van der Waals surface area contributed by atoms with E-state index in [1.54, 1.807) is 0 Å². The van der Waals surface area contributed by atoms with E-state index < -0.39 is 117 Å². The Labute approximate surface area is 638 Å². The summed E-state index contributed by atoms with van der Waals surface area (Å²) in [6, 6.07) is 10.6. The van der Waals surface area contributed by atoms with Gasteiger partial charge >= 0.3 is 117 Å². The molecule has 2 saturated carbocycles. The Balaban J connectivity index is 0.000000149. The molecule has 0 unspecified atom stereocenters. The highest BCUT2D eigenvalue weighted by molar-refractivity contribution is 6.75. The Morgan fingerprint density at radius 2 is 0.732 bits per heavy atom. The Bertz CT molecular complexity index is 4090. The number of carbonyl (C=O) groups excluding carboxylic acids is 15. The Kier molecular flexibility index (Phi) is 25.8. The first-order chi connectivity index (χ1) is 52.9. The number of imidazole rings is 4. The lowest BCUT2D eigenvalue weighted by Crippen LogP contribution is -2.40. The molecule has 0 bridgehead atoms. The second kappa shape index (κ2) is 34.8. The molecule has 0 radical (unpaired) electrons. The lowest BCUT2D eigenvalue weighted by Gasteiger charge is -2.22. The van der Waals surface area contributed by atoms with E-state index in [4.69, 9.17) is 0 Å². The number of carbonyl (C=O) groups is 15. The van der Waals surface area contributed by atoms with Gasteiger partial charge in [-0.2, -0.15) is 0 Å². The maximum atomic E-state index is 10.7. The normalized spacial score (nSPS) is 18.9. The molecule has 2 aromatic carbocycles. The van der Waals surface area contributed by atoms with E-state index in [0.717, 1.165) is 25.2 Å². The fourth-order valence-electron chi connectivity index (χ4n) is 13.0. The van der Waals surface area contributed by atoms with Gasteiger partial charge in [0.05, 0.1) is 27.2 Å². The van der Waals surface area contributed by atoms with Crippen LogP contribution in [-0.2, 0) is 174 Å². The van der Waals surface area contributed by atoms with Gasteiger partial charge < -0.3 is 74.5 Å². The van der Waals surface area contributed by atoms with Crippen molar-refractivity contribution in [2.45, 2.75) is 171 Å². The number of hydrogen-bond acceptors (Lipinski definition) is 31. The van der Waals surface area contributed by atoms with Crippen molar-refractivity contribution in [2.75, 3.05) is 0 Å². The summed E-state index contributed by atoms with van der Waals surface area (Å²) in [5, 5.41) is 0. The molecule has 4 aromatic heterocycles. The van der Waals surface area contributed by atoms with Crippen molar-refractivity contribution in [1.29, 1.82) is 0 Å². The molecule has 0 amide bonds. The van der Waals surface area contributed by atoms with Gasteiger partial charge in [-0.3, -0.25) is 0 Å². The van der Waals surface area contributed by atoms with Crippen LogP contribution in [0.5, 0.6) is 0 Å². The molecule has 43 heteroatoms. The van der Waals surface area contributed by atoms with Crippen molar-refractivity contribution in [3.8, 4) is 11.4 Å². The molecule has 8 saturated heterocycles. The zero-order valence-electron chi connectivity index (χ0n) is 63.4. The first kappa shape index (κ1) is 83.2. The zero-order valence-corrected chi connectivity index (χ0v) is 63.4. The van der Waals surface area contributed by atoms with Gasteiger partial charge in [0.2, 0.25) is 6.33 Å². The van der Waals surface area contributed by atoms with Gasteiger partial charge in [0.1, 0.15) is 73.0 Å². The highest BCUT2D eigenvalue weighted by Crippen LogP contribution is 2.32. The summed E-state index contributed by atoms with van der Waals surface area (Å²) < 4.78 is 85.2. The molecule has 10 aliphatic rings. The maximum Gasteiger partial charge on any atom is 0.786 e. The van der Waals surface area contributed by atoms with Crippen LogP contribution < -0.4 is 18.3 Å². The summed E-state index contributed by atoms with van der Waals surface area (Å²) in [7, 11) is 4.14. The van der Waals surface area contributed by atoms with Gasteiger partial charge in [0.25, 0.3) is 18.0 Å². The minimum atomic E-state index is -3.30. The molecule has 4 spiro atoms. The van der Waals surface area contributed by atoms with Crippen LogP contribution in [0.15, 0.2) is 98.8 Å². The summed E-state index contributed by atoms with van der Waals surface area (Å²) >= 11 is 0. The minimum absolute atomic E-state index is 0.373. The third-order valence-corrected chi connectivity index (χ3v) is 18.4. The van der Waals surface area contributed by atoms with Crippen molar-refractivity contribution in [3.05, 3.63) is 144 Å². The van der Waals surface area contributed by atoms with Gasteiger partial charge in [0.15, 0.2) is 5.76 Å². The van der Waals surface area contributed by atoms with Crippen LogP contribution in [0.4, 0.5) is 0 Å². The Hall–Kier alpha value is -12.9. The van der Waals surface area contributed by atoms with E-state index in [2.05, 4.69) is 287 Å². The van der Waals surface area contributed by atoms with Gasteiger partial charge in [-0.1, -0.05) is 68.2 Å². The molecule has 10 fully saturated rings. The second-order valence-electron chi connectivity index (χ2n) is 26.8. The molecular formula is C69H82B4N8O31. The van der Waals surface area contributed by atoms with Crippen molar-refractivity contribution >= 4 is 117 Å². The Morgan fingerprint density at radius 3 is 1.05 bits per heavy atom. The van der Waals surface area contributed by atoms with Crippen LogP contribution >= 0.6 is 0 Å². The first-order valence-electron chi connectivity index (χ1n) is 35.6. The predicted molar refractivity (Wildman–Crippen MR) is 370 cm³/mol. The fourth-order valence-corrected chi connectivity index (χ4v) is 13.0. The van der Waals surface area contributed by atoms with Crippen LogP contribution in [-0.4, -0.2) is 136 Å². The third kappa shape index (κ3) is 19.8. The maximum absolute atomic E-state index is 10.7. The molecule has 0 atom stereocenters.